The number of aliphatic carboxylic acids is 1. The van der Waals surface area contributed by atoms with Gasteiger partial charge in [0.2, 0.25) is 5.91 Å². The maximum absolute atomic E-state index is 12.4. The van der Waals surface area contributed by atoms with Gasteiger partial charge in [0.15, 0.2) is 5.96 Å². The summed E-state index contributed by atoms with van der Waals surface area (Å²) in [5, 5.41) is 39.9. The summed E-state index contributed by atoms with van der Waals surface area (Å²) in [5.74, 6) is -2.29. The van der Waals surface area contributed by atoms with Crippen molar-refractivity contribution in [2.45, 2.75) is 18.6 Å². The number of carbonyl (C=O) groups is 3. The van der Waals surface area contributed by atoms with E-state index in [-0.39, 0.29) is 33.0 Å². The van der Waals surface area contributed by atoms with Crippen LogP contribution in [-0.4, -0.2) is 69.8 Å². The van der Waals surface area contributed by atoms with Gasteiger partial charge in [0.1, 0.15) is 11.4 Å². The quantitative estimate of drug-likeness (QED) is 0.243. The van der Waals surface area contributed by atoms with Crippen LogP contribution in [0, 0.1) is 0 Å². The van der Waals surface area contributed by atoms with Gasteiger partial charge in [-0.15, -0.1) is 0 Å². The van der Waals surface area contributed by atoms with Crippen LogP contribution in [0.1, 0.15) is 28.5 Å². The number of anilines is 1. The van der Waals surface area contributed by atoms with Gasteiger partial charge in [-0.05, 0) is 40.2 Å². The van der Waals surface area contributed by atoms with Crippen LogP contribution in [0.3, 0.4) is 0 Å². The first-order valence-electron chi connectivity index (χ1n) is 10.3. The van der Waals surface area contributed by atoms with Crippen LogP contribution in [0.25, 0.3) is 0 Å². The molecular formula is C21H22BrClN6O6. The van der Waals surface area contributed by atoms with E-state index < -0.39 is 42.9 Å². The van der Waals surface area contributed by atoms with E-state index >= 15 is 0 Å². The molecular weight excluding hydrogens is 548 g/mol. The number of hydrogen-bond acceptors (Lipinski definition) is 9. The maximum atomic E-state index is 12.4. The Labute approximate surface area is 212 Å². The number of β-amino-alcohol motifs (C(OH)–C–C–N with tert-alkyl or cyclic N) is 1. The van der Waals surface area contributed by atoms with Crippen LogP contribution < -0.4 is 21.3 Å². The zero-order valence-corrected chi connectivity index (χ0v) is 20.4. The highest BCUT2D eigenvalue weighted by atomic mass is 79.9. The second-order valence-corrected chi connectivity index (χ2v) is 8.80. The van der Waals surface area contributed by atoms with Gasteiger partial charge in [-0.1, -0.05) is 11.6 Å². The standard InChI is InChI=1S/C21H22BrClN6O6/c22-14-4-10(23)3-13(19(14)34)16(5-18(32)33)29-17(31)9-25-20(35)15-2-1-11(6-24-15)28-21-26-7-12(30)8-27-21/h1-4,6,12,16,30,34H,5,7-9H2,(H,25,35)(H,29,31)(H,32,33)(H2,26,27,28). The summed E-state index contributed by atoms with van der Waals surface area (Å²) in [6.07, 6.45) is 0.349. The summed E-state index contributed by atoms with van der Waals surface area (Å²) in [5.41, 5.74) is 0.726. The second-order valence-electron chi connectivity index (χ2n) is 7.51. The smallest absolute Gasteiger partial charge is 0.305 e. The Kier molecular flexibility index (Phi) is 8.84. The predicted octanol–water partition coefficient (Wildman–Crippen LogP) is 0.997. The third-order valence-electron chi connectivity index (χ3n) is 4.78. The Balaban J connectivity index is 1.57. The van der Waals surface area contributed by atoms with Crippen LogP contribution in [0.5, 0.6) is 5.75 Å². The number of amides is 2. The molecule has 14 heteroatoms. The Morgan fingerprint density at radius 1 is 1.29 bits per heavy atom. The predicted molar refractivity (Wildman–Crippen MR) is 130 cm³/mol. The van der Waals surface area contributed by atoms with Gasteiger partial charge in [0.25, 0.3) is 5.91 Å². The first-order chi connectivity index (χ1) is 16.6. The number of benzene rings is 1. The summed E-state index contributed by atoms with van der Waals surface area (Å²) in [7, 11) is 0. The molecule has 1 aromatic heterocycles. The molecule has 0 aliphatic carbocycles. The molecule has 2 unspecified atom stereocenters. The summed E-state index contributed by atoms with van der Waals surface area (Å²) in [6.45, 7) is 0.179. The number of phenolic OH excluding ortho intramolecular Hbond substituents is 1. The van der Waals surface area contributed by atoms with Gasteiger partial charge in [-0.2, -0.15) is 0 Å². The largest absolute Gasteiger partial charge is 0.506 e. The number of carboxylic acids is 1. The van der Waals surface area contributed by atoms with Crippen molar-refractivity contribution >= 4 is 57.0 Å². The zero-order chi connectivity index (χ0) is 25.5. The van der Waals surface area contributed by atoms with Gasteiger partial charge < -0.3 is 36.6 Å². The number of nitrogens with one attached hydrogen (secondary N) is 4. The van der Waals surface area contributed by atoms with E-state index in [2.05, 4.69) is 47.2 Å². The summed E-state index contributed by atoms with van der Waals surface area (Å²) in [6, 6.07) is 4.73. The first kappa shape index (κ1) is 26.2. The highest BCUT2D eigenvalue weighted by molar-refractivity contribution is 9.10. The Bertz CT molecular complexity index is 1150. The van der Waals surface area contributed by atoms with E-state index in [9.17, 15) is 29.7 Å². The Morgan fingerprint density at radius 2 is 2.06 bits per heavy atom. The fourth-order valence-electron chi connectivity index (χ4n) is 3.12. The van der Waals surface area contributed by atoms with Crippen molar-refractivity contribution in [3.63, 3.8) is 0 Å². The van der Waals surface area contributed by atoms with Crippen LogP contribution in [0.4, 0.5) is 5.69 Å². The molecule has 186 valence electrons. The van der Waals surface area contributed by atoms with Crippen LogP contribution >= 0.6 is 27.5 Å². The number of phenols is 1. The van der Waals surface area contributed by atoms with E-state index in [4.69, 9.17) is 11.6 Å². The number of aliphatic hydroxyl groups excluding tert-OH is 1. The number of guanidine groups is 1. The van der Waals surface area contributed by atoms with E-state index in [0.717, 1.165) is 0 Å². The normalized spacial score (nSPS) is 15.9. The number of aliphatic hydroxyl groups is 1. The lowest BCUT2D eigenvalue weighted by Crippen LogP contribution is -2.42. The van der Waals surface area contributed by atoms with Crippen molar-refractivity contribution in [3.05, 3.63) is 51.2 Å². The number of aromatic nitrogens is 1. The molecule has 7 N–H and O–H groups in total. The van der Waals surface area contributed by atoms with Gasteiger partial charge in [-0.25, -0.2) is 4.98 Å². The Morgan fingerprint density at radius 3 is 2.69 bits per heavy atom. The number of halogens is 2. The third-order valence-corrected chi connectivity index (χ3v) is 5.60. The second kappa shape index (κ2) is 11.8. The molecule has 0 saturated heterocycles. The van der Waals surface area contributed by atoms with Gasteiger partial charge in [0, 0.05) is 17.1 Å². The zero-order valence-electron chi connectivity index (χ0n) is 18.1. The number of nitrogens with zero attached hydrogens (tertiary/aromatic N) is 2. The molecule has 1 aliphatic heterocycles. The minimum Gasteiger partial charge on any atom is -0.506 e. The molecule has 0 fully saturated rings. The lowest BCUT2D eigenvalue weighted by Gasteiger charge is -2.20. The molecule has 2 aromatic rings. The molecule has 3 rings (SSSR count). The number of pyridine rings is 1. The number of aromatic hydroxyl groups is 1. The van der Waals surface area contributed by atoms with Crippen molar-refractivity contribution in [1.82, 2.24) is 20.9 Å². The lowest BCUT2D eigenvalue weighted by atomic mass is 10.0. The maximum Gasteiger partial charge on any atom is 0.305 e. The van der Waals surface area contributed by atoms with Gasteiger partial charge >= 0.3 is 5.97 Å². The van der Waals surface area contributed by atoms with E-state index in [1.807, 2.05) is 0 Å². The summed E-state index contributed by atoms with van der Waals surface area (Å²) < 4.78 is 0.242. The SMILES string of the molecule is O=C(O)CC(NC(=O)CNC(=O)c1ccc(NC2=NCC(O)CN2)cn1)c1cc(Cl)cc(Br)c1O. The molecule has 35 heavy (non-hydrogen) atoms. The van der Waals surface area contributed by atoms with Crippen LogP contribution in [0.15, 0.2) is 39.9 Å². The van der Waals surface area contributed by atoms with Gasteiger partial charge in [-0.3, -0.25) is 19.4 Å². The Hall–Kier alpha value is -3.42. The lowest BCUT2D eigenvalue weighted by molar-refractivity contribution is -0.137. The topological polar surface area (TPSA) is 185 Å². The molecule has 2 atom stereocenters. The van der Waals surface area contributed by atoms with Crippen LogP contribution in [0.2, 0.25) is 5.02 Å². The van der Waals surface area contributed by atoms with Crippen molar-refractivity contribution in [3.8, 4) is 5.75 Å². The number of hydrogen-bond donors (Lipinski definition) is 7. The van der Waals surface area contributed by atoms with Crippen molar-refractivity contribution < 1.29 is 29.7 Å². The molecule has 0 spiro atoms. The highest BCUT2D eigenvalue weighted by Crippen LogP contribution is 2.36. The van der Waals surface area contributed by atoms with Crippen molar-refractivity contribution in [1.29, 1.82) is 0 Å². The molecule has 0 saturated carbocycles. The van der Waals surface area contributed by atoms with Crippen molar-refractivity contribution in [2.24, 2.45) is 4.99 Å². The fraction of sp³-hybridized carbons (Fsp3) is 0.286. The molecule has 2 heterocycles. The number of carbonyl (C=O) groups excluding carboxylic acids is 2. The third kappa shape index (κ3) is 7.53. The van der Waals surface area contributed by atoms with E-state index in [1.165, 1.54) is 24.4 Å². The first-order valence-corrected chi connectivity index (χ1v) is 11.5. The summed E-state index contributed by atoms with van der Waals surface area (Å²) >= 11 is 9.12. The monoisotopic (exact) mass is 568 g/mol. The molecule has 12 nitrogen and oxygen atoms in total. The minimum atomic E-state index is -1.21. The average Bonchev–Trinajstić information content (AvgIpc) is 2.81. The molecule has 1 aromatic carbocycles. The average molecular weight is 570 g/mol. The number of aliphatic imine (C=N–C) groups is 1. The molecule has 0 bridgehead atoms. The van der Waals surface area contributed by atoms with E-state index in [1.54, 1.807) is 6.07 Å². The number of carboxylic acid groups (broad SMARTS) is 1. The van der Waals surface area contributed by atoms with E-state index in [0.29, 0.717) is 18.2 Å². The minimum absolute atomic E-state index is 0.0517. The van der Waals surface area contributed by atoms with Gasteiger partial charge in [0.05, 0.1) is 48.0 Å². The molecule has 1 aliphatic rings. The number of rotatable bonds is 8. The summed E-state index contributed by atoms with van der Waals surface area (Å²) in [4.78, 5) is 44.2. The highest BCUT2D eigenvalue weighted by Gasteiger charge is 2.23. The molecule has 2 amide bonds. The van der Waals surface area contributed by atoms with Crippen molar-refractivity contribution in [2.75, 3.05) is 25.0 Å². The fourth-order valence-corrected chi connectivity index (χ4v) is 3.95. The van der Waals surface area contributed by atoms with Crippen LogP contribution in [-0.2, 0) is 9.59 Å². The molecule has 0 radical (unpaired) electrons.